The molecule has 3 heterocycles. The summed E-state index contributed by atoms with van der Waals surface area (Å²) >= 11 is 6.57. The maximum absolute atomic E-state index is 13.8. The van der Waals surface area contributed by atoms with Crippen LogP contribution in [0.2, 0.25) is 0 Å². The summed E-state index contributed by atoms with van der Waals surface area (Å²) in [6.45, 7) is 5.94. The molecule has 3 aliphatic heterocycles. The summed E-state index contributed by atoms with van der Waals surface area (Å²) in [5, 5.41) is 10.5. The molecule has 3 aliphatic rings. The Hall–Kier alpha value is 0.1000. The lowest BCUT2D eigenvalue weighted by atomic mass is 9.72. The van der Waals surface area contributed by atoms with Gasteiger partial charge in [-0.3, -0.25) is 5.32 Å². The van der Waals surface area contributed by atoms with Gasteiger partial charge in [-0.05, 0) is 38.1 Å². The van der Waals surface area contributed by atoms with E-state index in [0.29, 0.717) is 48.8 Å². The van der Waals surface area contributed by atoms with Gasteiger partial charge >= 0.3 is 0 Å². The van der Waals surface area contributed by atoms with Crippen molar-refractivity contribution < 1.29 is 4.39 Å². The number of hydrogen-bond acceptors (Lipinski definition) is 3. The predicted octanol–water partition coefficient (Wildman–Crippen LogP) is 1.47. The van der Waals surface area contributed by atoms with Crippen LogP contribution in [0.3, 0.4) is 0 Å². The Morgan fingerprint density at radius 1 is 1.11 bits per heavy atom. The van der Waals surface area contributed by atoms with Crippen LogP contribution in [0, 0.1) is 17.8 Å². The molecule has 0 radical (unpaired) electrons. The molecule has 0 aromatic heterocycles. The number of alkyl halides is 2. The zero-order chi connectivity index (χ0) is 13.6. The first kappa shape index (κ1) is 14.1. The largest absolute Gasteiger partial charge is 0.313 e. The summed E-state index contributed by atoms with van der Waals surface area (Å²) < 4.78 is 13.8. The highest BCUT2D eigenvalue weighted by molar-refractivity contribution is 6.20. The molecule has 0 spiro atoms. The van der Waals surface area contributed by atoms with Gasteiger partial charge in [0.2, 0.25) is 0 Å². The molecule has 0 aromatic rings. The fourth-order valence-corrected chi connectivity index (χ4v) is 4.93. The Balaban J connectivity index is 1.86. The van der Waals surface area contributed by atoms with E-state index in [1.165, 1.54) is 0 Å². The lowest BCUT2D eigenvalue weighted by Crippen LogP contribution is -2.60. The monoisotopic (exact) mass is 289 g/mol. The molecule has 110 valence electrons. The van der Waals surface area contributed by atoms with E-state index < -0.39 is 6.17 Å². The van der Waals surface area contributed by atoms with Crippen LogP contribution < -0.4 is 16.0 Å². The molecule has 3 nitrogen and oxygen atoms in total. The van der Waals surface area contributed by atoms with Crippen LogP contribution in [-0.2, 0) is 0 Å². The van der Waals surface area contributed by atoms with Gasteiger partial charge in [-0.15, -0.1) is 11.6 Å². The Morgan fingerprint density at radius 3 is 2.68 bits per heavy atom. The third-order valence-corrected chi connectivity index (χ3v) is 5.64. The molecule has 7 unspecified atom stereocenters. The van der Waals surface area contributed by atoms with E-state index in [9.17, 15) is 4.39 Å². The summed E-state index contributed by atoms with van der Waals surface area (Å²) in [4.78, 5) is 0. The van der Waals surface area contributed by atoms with E-state index in [4.69, 9.17) is 11.6 Å². The van der Waals surface area contributed by atoms with Gasteiger partial charge in [-0.25, -0.2) is 4.39 Å². The molecule has 5 heteroatoms. The minimum atomic E-state index is -0.726. The Labute approximate surface area is 120 Å². The summed E-state index contributed by atoms with van der Waals surface area (Å²) in [5.41, 5.74) is -0.0499. The van der Waals surface area contributed by atoms with E-state index in [1.807, 2.05) is 0 Å². The van der Waals surface area contributed by atoms with E-state index >= 15 is 0 Å². The van der Waals surface area contributed by atoms with Crippen LogP contribution in [0.25, 0.3) is 0 Å². The normalized spacial score (nSPS) is 54.9. The number of halogens is 2. The van der Waals surface area contributed by atoms with Crippen molar-refractivity contribution in [2.45, 2.75) is 56.5 Å². The molecule has 0 amide bonds. The van der Waals surface area contributed by atoms with Crippen LogP contribution in [0.1, 0.15) is 26.7 Å². The first-order valence-corrected chi connectivity index (χ1v) is 8.01. The predicted molar refractivity (Wildman–Crippen MR) is 76.1 cm³/mol. The smallest absolute Gasteiger partial charge is 0.113 e. The summed E-state index contributed by atoms with van der Waals surface area (Å²) in [7, 11) is 0. The summed E-state index contributed by atoms with van der Waals surface area (Å²) in [6, 6.07) is 1.25. The summed E-state index contributed by atoms with van der Waals surface area (Å²) in [6.07, 6.45) is 1.01. The van der Waals surface area contributed by atoms with Crippen LogP contribution in [0.5, 0.6) is 0 Å². The van der Waals surface area contributed by atoms with E-state index in [0.717, 1.165) is 13.0 Å². The second-order valence-corrected chi connectivity index (χ2v) is 7.18. The van der Waals surface area contributed by atoms with Gasteiger partial charge in [0.05, 0.1) is 5.50 Å². The molecule has 0 bridgehead atoms. The molecule has 0 aromatic carbocycles. The van der Waals surface area contributed by atoms with Crippen molar-refractivity contribution in [3.63, 3.8) is 0 Å². The molecule has 8 atom stereocenters. The topological polar surface area (TPSA) is 36.1 Å². The second kappa shape index (κ2) is 5.47. The number of hydrogen-bond donors (Lipinski definition) is 3. The minimum Gasteiger partial charge on any atom is -0.313 e. The Bertz CT molecular complexity index is 330. The number of rotatable bonds is 0. The quantitative estimate of drug-likeness (QED) is 0.467. The highest BCUT2D eigenvalue weighted by Crippen LogP contribution is 2.39. The maximum atomic E-state index is 13.8. The molecule has 19 heavy (non-hydrogen) atoms. The van der Waals surface area contributed by atoms with Crippen molar-refractivity contribution in [2.75, 3.05) is 13.1 Å². The molecule has 3 rings (SSSR count). The molecule has 3 saturated heterocycles. The number of nitrogens with one attached hydrogen (secondary N) is 3. The van der Waals surface area contributed by atoms with Gasteiger partial charge in [0.25, 0.3) is 0 Å². The average Bonchev–Trinajstić information content (AvgIpc) is 2.47. The van der Waals surface area contributed by atoms with Crippen LogP contribution >= 0.6 is 11.6 Å². The van der Waals surface area contributed by atoms with E-state index in [1.54, 1.807) is 0 Å². The van der Waals surface area contributed by atoms with Crippen molar-refractivity contribution in [1.29, 1.82) is 0 Å². The molecule has 0 aliphatic carbocycles. The first-order valence-electron chi connectivity index (χ1n) is 7.57. The van der Waals surface area contributed by atoms with Crippen LogP contribution in [0.4, 0.5) is 4.39 Å². The molecule has 0 saturated carbocycles. The third kappa shape index (κ3) is 2.65. The van der Waals surface area contributed by atoms with E-state index in [2.05, 4.69) is 29.8 Å². The molecule has 3 fully saturated rings. The van der Waals surface area contributed by atoms with Gasteiger partial charge in [0, 0.05) is 30.6 Å². The van der Waals surface area contributed by atoms with Gasteiger partial charge in [-0.1, -0.05) is 6.92 Å². The van der Waals surface area contributed by atoms with Crippen molar-refractivity contribution in [3.05, 3.63) is 0 Å². The maximum Gasteiger partial charge on any atom is 0.113 e. The first-order chi connectivity index (χ1) is 9.06. The van der Waals surface area contributed by atoms with Gasteiger partial charge < -0.3 is 10.6 Å². The lowest BCUT2D eigenvalue weighted by molar-refractivity contribution is 0.0779. The Kier molecular flexibility index (Phi) is 4.05. The van der Waals surface area contributed by atoms with E-state index in [-0.39, 0.29) is 5.50 Å². The fraction of sp³-hybridized carbons (Fsp3) is 1.00. The third-order valence-electron chi connectivity index (χ3n) is 5.23. The van der Waals surface area contributed by atoms with Crippen LogP contribution in [-0.4, -0.2) is 42.9 Å². The minimum absolute atomic E-state index is 0.0499. The number of fused-ring (bicyclic) bond motifs is 3. The van der Waals surface area contributed by atoms with Crippen LogP contribution in [0.15, 0.2) is 0 Å². The van der Waals surface area contributed by atoms with Crippen molar-refractivity contribution in [2.24, 2.45) is 17.8 Å². The highest BCUT2D eigenvalue weighted by Gasteiger charge is 2.48. The zero-order valence-electron chi connectivity index (χ0n) is 11.7. The standard InChI is InChI=1S/C14H25ClFN3/c1-7-5-17-11-3-8(2)19-14(15)12(11)10-4-9(16)6-18-13(7)10/h7-14,17-19H,3-6H2,1-2H3/t7-,8?,9?,10?,11?,12?,13?,14?/m1/s1. The van der Waals surface area contributed by atoms with Gasteiger partial charge in [-0.2, -0.15) is 0 Å². The molecular weight excluding hydrogens is 265 g/mol. The van der Waals surface area contributed by atoms with Gasteiger partial charge in [0.1, 0.15) is 6.17 Å². The van der Waals surface area contributed by atoms with Crippen molar-refractivity contribution in [3.8, 4) is 0 Å². The van der Waals surface area contributed by atoms with Crippen molar-refractivity contribution in [1.82, 2.24) is 16.0 Å². The second-order valence-electron chi connectivity index (χ2n) is 6.71. The molecule has 3 N–H and O–H groups in total. The lowest BCUT2D eigenvalue weighted by Gasteiger charge is -2.46. The average molecular weight is 290 g/mol. The highest BCUT2D eigenvalue weighted by atomic mass is 35.5. The molecular formula is C14H25ClFN3. The fourth-order valence-electron chi connectivity index (χ4n) is 4.35. The Morgan fingerprint density at radius 2 is 1.89 bits per heavy atom. The zero-order valence-corrected chi connectivity index (χ0v) is 12.5. The number of piperidine rings is 2. The summed E-state index contributed by atoms with van der Waals surface area (Å²) in [5.74, 6) is 1.18. The van der Waals surface area contributed by atoms with Gasteiger partial charge in [0.15, 0.2) is 0 Å². The SMILES string of the molecule is CC1CC2NC[C@@H](C)C3NCC(F)CC3C2C(Cl)N1. The van der Waals surface area contributed by atoms with Crippen molar-refractivity contribution >= 4 is 11.6 Å².